The zero-order valence-electron chi connectivity index (χ0n) is 12.6. The van der Waals surface area contributed by atoms with Crippen LogP contribution >= 0.6 is 0 Å². The highest BCUT2D eigenvalue weighted by molar-refractivity contribution is 7.90. The number of nitrogens with zero attached hydrogens (tertiary/aromatic N) is 1. The summed E-state index contributed by atoms with van der Waals surface area (Å²) in [5.74, 6) is -1.27. The van der Waals surface area contributed by atoms with Gasteiger partial charge in [0.25, 0.3) is 5.91 Å². The largest absolute Gasteiger partial charge is 0.482 e. The number of carbonyl (C=O) groups excluding carboxylic acids is 1. The van der Waals surface area contributed by atoms with E-state index in [2.05, 4.69) is 5.32 Å². The van der Waals surface area contributed by atoms with Gasteiger partial charge in [0.2, 0.25) is 0 Å². The Labute approximate surface area is 138 Å². The molecule has 0 spiro atoms. The van der Waals surface area contributed by atoms with Crippen molar-refractivity contribution in [2.24, 2.45) is 0 Å². The topological polar surface area (TPSA) is 96.3 Å². The lowest BCUT2D eigenvalue weighted by Crippen LogP contribution is -2.20. The molecule has 0 saturated heterocycles. The third-order valence-corrected chi connectivity index (χ3v) is 4.11. The molecular formula is C16H13FN2O4S. The van der Waals surface area contributed by atoms with Crippen LogP contribution in [0.3, 0.4) is 0 Å². The first-order valence-electron chi connectivity index (χ1n) is 6.72. The molecule has 0 fully saturated rings. The molecule has 0 aliphatic carbocycles. The van der Waals surface area contributed by atoms with Gasteiger partial charge in [-0.3, -0.25) is 4.79 Å². The third kappa shape index (κ3) is 4.30. The first-order valence-corrected chi connectivity index (χ1v) is 8.62. The van der Waals surface area contributed by atoms with E-state index in [9.17, 15) is 17.6 Å². The van der Waals surface area contributed by atoms with E-state index in [0.717, 1.165) is 18.4 Å². The smallest absolute Gasteiger partial charge is 0.262 e. The fourth-order valence-corrected chi connectivity index (χ4v) is 2.63. The van der Waals surface area contributed by atoms with Crippen molar-refractivity contribution in [2.45, 2.75) is 4.90 Å². The predicted molar refractivity (Wildman–Crippen MR) is 84.8 cm³/mol. The van der Waals surface area contributed by atoms with Gasteiger partial charge < -0.3 is 10.1 Å². The number of halogens is 1. The monoisotopic (exact) mass is 348 g/mol. The summed E-state index contributed by atoms with van der Waals surface area (Å²) < 4.78 is 41.7. The van der Waals surface area contributed by atoms with Gasteiger partial charge in [-0.15, -0.1) is 0 Å². The SMILES string of the molecule is CS(=O)(=O)c1ccc(NC(=O)COc2ccccc2C#N)cc1F. The van der Waals surface area contributed by atoms with Crippen LogP contribution in [0.5, 0.6) is 5.75 Å². The van der Waals surface area contributed by atoms with Gasteiger partial charge in [0, 0.05) is 11.9 Å². The fourth-order valence-electron chi connectivity index (χ4n) is 1.90. The number of rotatable bonds is 5. The molecule has 24 heavy (non-hydrogen) atoms. The summed E-state index contributed by atoms with van der Waals surface area (Å²) >= 11 is 0. The minimum Gasteiger partial charge on any atom is -0.482 e. The quantitative estimate of drug-likeness (QED) is 0.893. The van der Waals surface area contributed by atoms with Gasteiger partial charge in [-0.05, 0) is 30.3 Å². The zero-order valence-corrected chi connectivity index (χ0v) is 13.4. The summed E-state index contributed by atoms with van der Waals surface area (Å²) in [4.78, 5) is 11.4. The number of nitrogens with one attached hydrogen (secondary N) is 1. The van der Waals surface area contributed by atoms with Crippen LogP contribution in [0.4, 0.5) is 10.1 Å². The highest BCUT2D eigenvalue weighted by atomic mass is 32.2. The van der Waals surface area contributed by atoms with Crippen molar-refractivity contribution in [3.05, 3.63) is 53.8 Å². The maximum absolute atomic E-state index is 13.7. The number of nitriles is 1. The number of carbonyl (C=O) groups is 1. The van der Waals surface area contributed by atoms with Crippen LogP contribution in [0.1, 0.15) is 5.56 Å². The number of para-hydroxylation sites is 1. The van der Waals surface area contributed by atoms with E-state index in [1.807, 2.05) is 6.07 Å². The number of hydrogen-bond donors (Lipinski definition) is 1. The van der Waals surface area contributed by atoms with E-state index in [4.69, 9.17) is 10.00 Å². The van der Waals surface area contributed by atoms with Crippen molar-refractivity contribution in [3.63, 3.8) is 0 Å². The number of amides is 1. The Morgan fingerprint density at radius 3 is 2.62 bits per heavy atom. The van der Waals surface area contributed by atoms with E-state index >= 15 is 0 Å². The molecule has 0 aromatic heterocycles. The molecule has 0 bridgehead atoms. The molecule has 0 radical (unpaired) electrons. The molecule has 6 nitrogen and oxygen atoms in total. The van der Waals surface area contributed by atoms with E-state index < -0.39 is 26.5 Å². The Balaban J connectivity index is 2.03. The van der Waals surface area contributed by atoms with Gasteiger partial charge in [-0.25, -0.2) is 12.8 Å². The van der Waals surface area contributed by atoms with Crippen molar-refractivity contribution >= 4 is 21.4 Å². The van der Waals surface area contributed by atoms with Gasteiger partial charge in [0.15, 0.2) is 16.4 Å². The molecule has 0 atom stereocenters. The summed E-state index contributed by atoms with van der Waals surface area (Å²) in [6.07, 6.45) is 0.893. The summed E-state index contributed by atoms with van der Waals surface area (Å²) in [6, 6.07) is 11.6. The predicted octanol–water partition coefficient (Wildman–Crippen LogP) is 2.12. The zero-order chi connectivity index (χ0) is 17.7. The maximum atomic E-state index is 13.7. The highest BCUT2D eigenvalue weighted by Gasteiger charge is 2.14. The van der Waals surface area contributed by atoms with Gasteiger partial charge in [0.05, 0.1) is 5.56 Å². The van der Waals surface area contributed by atoms with E-state index in [-0.39, 0.29) is 23.6 Å². The van der Waals surface area contributed by atoms with Crippen LogP contribution in [-0.4, -0.2) is 27.2 Å². The maximum Gasteiger partial charge on any atom is 0.262 e. The second-order valence-electron chi connectivity index (χ2n) is 4.86. The molecule has 0 heterocycles. The first kappa shape index (κ1) is 17.4. The van der Waals surface area contributed by atoms with Crippen LogP contribution < -0.4 is 10.1 Å². The highest BCUT2D eigenvalue weighted by Crippen LogP contribution is 2.19. The van der Waals surface area contributed by atoms with Gasteiger partial charge >= 0.3 is 0 Å². The van der Waals surface area contributed by atoms with Crippen LogP contribution in [0, 0.1) is 17.1 Å². The van der Waals surface area contributed by atoms with E-state index in [1.54, 1.807) is 24.3 Å². The van der Waals surface area contributed by atoms with Crippen molar-refractivity contribution in [2.75, 3.05) is 18.2 Å². The van der Waals surface area contributed by atoms with Crippen LogP contribution in [0.2, 0.25) is 0 Å². The second kappa shape index (κ2) is 7.10. The van der Waals surface area contributed by atoms with Crippen molar-refractivity contribution in [1.29, 1.82) is 5.26 Å². The average Bonchev–Trinajstić information content (AvgIpc) is 2.52. The molecule has 1 N–H and O–H groups in total. The van der Waals surface area contributed by atoms with Crippen LogP contribution in [0.25, 0.3) is 0 Å². The Morgan fingerprint density at radius 2 is 2.00 bits per heavy atom. The Morgan fingerprint density at radius 1 is 1.29 bits per heavy atom. The third-order valence-electron chi connectivity index (χ3n) is 2.98. The summed E-state index contributed by atoms with van der Waals surface area (Å²) in [5, 5.41) is 11.3. The molecule has 0 aliphatic heterocycles. The standard InChI is InChI=1S/C16H13FN2O4S/c1-24(21,22)15-7-6-12(8-13(15)17)19-16(20)10-23-14-5-3-2-4-11(14)9-18/h2-8H,10H2,1H3,(H,19,20). The van der Waals surface area contributed by atoms with Crippen LogP contribution in [-0.2, 0) is 14.6 Å². The van der Waals surface area contributed by atoms with E-state index in [0.29, 0.717) is 0 Å². The molecule has 0 saturated carbocycles. The lowest BCUT2D eigenvalue weighted by Gasteiger charge is -2.09. The summed E-state index contributed by atoms with van der Waals surface area (Å²) in [6.45, 7) is -0.381. The number of anilines is 1. The average molecular weight is 348 g/mol. The number of benzene rings is 2. The van der Waals surface area contributed by atoms with Crippen molar-refractivity contribution in [1.82, 2.24) is 0 Å². The number of ether oxygens (including phenoxy) is 1. The molecular weight excluding hydrogens is 335 g/mol. The first-order chi connectivity index (χ1) is 11.3. The fraction of sp³-hybridized carbons (Fsp3) is 0.125. The summed E-state index contributed by atoms with van der Waals surface area (Å²) in [5.41, 5.74) is 0.385. The van der Waals surface area contributed by atoms with Gasteiger partial charge in [-0.2, -0.15) is 5.26 Å². The van der Waals surface area contributed by atoms with Gasteiger partial charge in [0.1, 0.15) is 22.5 Å². The summed E-state index contributed by atoms with van der Waals surface area (Å²) in [7, 11) is -3.68. The van der Waals surface area contributed by atoms with Crippen LogP contribution in [0.15, 0.2) is 47.4 Å². The lowest BCUT2D eigenvalue weighted by molar-refractivity contribution is -0.118. The minimum atomic E-state index is -3.68. The molecule has 0 aliphatic rings. The Hall–Kier alpha value is -2.92. The molecule has 2 aromatic rings. The van der Waals surface area contributed by atoms with Crippen molar-refractivity contribution < 1.29 is 22.3 Å². The Kier molecular flexibility index (Phi) is 5.16. The molecule has 124 valence electrons. The number of hydrogen-bond acceptors (Lipinski definition) is 5. The second-order valence-corrected chi connectivity index (χ2v) is 6.85. The lowest BCUT2D eigenvalue weighted by atomic mass is 10.2. The van der Waals surface area contributed by atoms with Gasteiger partial charge in [-0.1, -0.05) is 12.1 Å². The Bertz CT molecular complexity index is 920. The molecule has 2 aromatic carbocycles. The normalized spacial score (nSPS) is 10.7. The molecule has 2 rings (SSSR count). The van der Waals surface area contributed by atoms with E-state index in [1.165, 1.54) is 6.07 Å². The molecule has 0 unspecified atom stereocenters. The minimum absolute atomic E-state index is 0.0991. The molecule has 8 heteroatoms. The number of sulfone groups is 1. The van der Waals surface area contributed by atoms with Crippen molar-refractivity contribution in [3.8, 4) is 11.8 Å². The molecule has 1 amide bonds.